The fraction of sp³-hybridized carbons (Fsp3) is 0.438. The Bertz CT molecular complexity index is 580. The fourth-order valence-corrected chi connectivity index (χ4v) is 2.45. The molecule has 5 nitrogen and oxygen atoms in total. The average Bonchev–Trinajstić information content (AvgIpc) is 2.43. The van der Waals surface area contributed by atoms with Gasteiger partial charge in [0.1, 0.15) is 0 Å². The molecule has 1 atom stereocenters. The molecule has 1 amide bonds. The number of anilines is 1. The molecule has 0 aromatic heterocycles. The summed E-state index contributed by atoms with van der Waals surface area (Å²) < 4.78 is 5.33. The molecule has 0 unspecified atom stereocenters. The predicted octanol–water partition coefficient (Wildman–Crippen LogP) is 2.62. The van der Waals surface area contributed by atoms with E-state index in [4.69, 9.17) is 4.74 Å². The molecule has 1 aliphatic carbocycles. The number of ether oxygens (including phenoxy) is 1. The van der Waals surface area contributed by atoms with Crippen molar-refractivity contribution in [3.63, 3.8) is 0 Å². The molecule has 0 aliphatic heterocycles. The van der Waals surface area contributed by atoms with Crippen molar-refractivity contribution in [2.75, 3.05) is 5.32 Å². The first kappa shape index (κ1) is 15.2. The summed E-state index contributed by atoms with van der Waals surface area (Å²) in [6, 6.07) is 5.11. The SMILES string of the molecule is CC(=O)Nc1c(C)cccc1C(=O)O[C@H]1CCCCC1=O. The molecule has 1 aromatic carbocycles. The molecule has 1 N–H and O–H groups in total. The third-order valence-electron chi connectivity index (χ3n) is 3.54. The second-order valence-electron chi connectivity index (χ2n) is 5.28. The van der Waals surface area contributed by atoms with Crippen LogP contribution in [-0.2, 0) is 14.3 Å². The highest BCUT2D eigenvalue weighted by Crippen LogP contribution is 2.24. The Morgan fingerprint density at radius 1 is 1.29 bits per heavy atom. The van der Waals surface area contributed by atoms with E-state index in [-0.39, 0.29) is 17.3 Å². The number of rotatable bonds is 3. The Labute approximate surface area is 123 Å². The van der Waals surface area contributed by atoms with E-state index in [0.29, 0.717) is 18.5 Å². The molecule has 112 valence electrons. The monoisotopic (exact) mass is 289 g/mol. The molecule has 1 aromatic rings. The summed E-state index contributed by atoms with van der Waals surface area (Å²) in [5.41, 5.74) is 1.50. The molecule has 0 bridgehead atoms. The standard InChI is InChI=1S/C16H19NO4/c1-10-6-5-7-12(15(10)17-11(2)18)16(20)21-14-9-4-3-8-13(14)19/h5-7,14H,3-4,8-9H2,1-2H3,(H,17,18)/t14-/m0/s1. The van der Waals surface area contributed by atoms with E-state index in [0.717, 1.165) is 18.4 Å². The van der Waals surface area contributed by atoms with Crippen LogP contribution in [0.1, 0.15) is 48.5 Å². The molecule has 1 aliphatic rings. The quantitative estimate of drug-likeness (QED) is 0.868. The van der Waals surface area contributed by atoms with Crippen LogP contribution in [0, 0.1) is 6.92 Å². The zero-order chi connectivity index (χ0) is 15.4. The lowest BCUT2D eigenvalue weighted by Crippen LogP contribution is -2.30. The van der Waals surface area contributed by atoms with Gasteiger partial charge in [0.2, 0.25) is 5.91 Å². The first-order valence-electron chi connectivity index (χ1n) is 7.10. The van der Waals surface area contributed by atoms with Gasteiger partial charge in [-0.05, 0) is 37.8 Å². The number of Topliss-reactive ketones (excluding diaryl/α,β-unsaturated/α-hetero) is 1. The highest BCUT2D eigenvalue weighted by atomic mass is 16.5. The van der Waals surface area contributed by atoms with E-state index in [2.05, 4.69) is 5.32 Å². The topological polar surface area (TPSA) is 72.5 Å². The normalized spacial score (nSPS) is 18.2. The average molecular weight is 289 g/mol. The van der Waals surface area contributed by atoms with Gasteiger partial charge in [-0.1, -0.05) is 12.1 Å². The Balaban J connectivity index is 2.20. The summed E-state index contributed by atoms with van der Waals surface area (Å²) in [5.74, 6) is -0.849. The zero-order valence-electron chi connectivity index (χ0n) is 12.3. The van der Waals surface area contributed by atoms with Gasteiger partial charge in [-0.15, -0.1) is 0 Å². The number of ketones is 1. The lowest BCUT2D eigenvalue weighted by molar-refractivity contribution is -0.130. The molecule has 2 rings (SSSR count). The molecule has 21 heavy (non-hydrogen) atoms. The van der Waals surface area contributed by atoms with Crippen LogP contribution in [0.2, 0.25) is 0 Å². The molecule has 0 radical (unpaired) electrons. The number of nitrogens with one attached hydrogen (secondary N) is 1. The Kier molecular flexibility index (Phi) is 4.73. The number of carbonyl (C=O) groups excluding carboxylic acids is 3. The summed E-state index contributed by atoms with van der Waals surface area (Å²) in [6.07, 6.45) is 2.12. The van der Waals surface area contributed by atoms with E-state index in [1.807, 2.05) is 0 Å². The van der Waals surface area contributed by atoms with Crippen LogP contribution in [0.25, 0.3) is 0 Å². The maximum absolute atomic E-state index is 12.3. The van der Waals surface area contributed by atoms with Gasteiger partial charge in [-0.3, -0.25) is 9.59 Å². The maximum atomic E-state index is 12.3. The van der Waals surface area contributed by atoms with Crippen LogP contribution in [0.15, 0.2) is 18.2 Å². The fourth-order valence-electron chi connectivity index (χ4n) is 2.45. The minimum atomic E-state index is -0.656. The maximum Gasteiger partial charge on any atom is 0.340 e. The number of esters is 1. The number of amides is 1. The van der Waals surface area contributed by atoms with Crippen molar-refractivity contribution in [2.45, 2.75) is 45.6 Å². The summed E-state index contributed by atoms with van der Waals surface area (Å²) >= 11 is 0. The number of para-hydroxylation sites is 1. The Hall–Kier alpha value is -2.17. The molecular formula is C16H19NO4. The van der Waals surface area contributed by atoms with Crippen molar-refractivity contribution in [2.24, 2.45) is 0 Å². The molecular weight excluding hydrogens is 270 g/mol. The number of benzene rings is 1. The predicted molar refractivity (Wildman–Crippen MR) is 78.2 cm³/mol. The second kappa shape index (κ2) is 6.52. The van der Waals surface area contributed by atoms with Crippen molar-refractivity contribution in [1.29, 1.82) is 0 Å². The van der Waals surface area contributed by atoms with Crippen molar-refractivity contribution in [1.82, 2.24) is 0 Å². The Morgan fingerprint density at radius 2 is 2.05 bits per heavy atom. The van der Waals surface area contributed by atoms with Crippen LogP contribution < -0.4 is 5.32 Å². The number of hydrogen-bond acceptors (Lipinski definition) is 4. The van der Waals surface area contributed by atoms with Gasteiger partial charge in [0.25, 0.3) is 0 Å². The molecule has 0 saturated heterocycles. The van der Waals surface area contributed by atoms with Crippen LogP contribution in [-0.4, -0.2) is 23.8 Å². The van der Waals surface area contributed by atoms with Gasteiger partial charge in [0.05, 0.1) is 11.3 Å². The van der Waals surface area contributed by atoms with Crippen LogP contribution >= 0.6 is 0 Å². The van der Waals surface area contributed by atoms with E-state index in [9.17, 15) is 14.4 Å². The van der Waals surface area contributed by atoms with Gasteiger partial charge in [-0.25, -0.2) is 4.79 Å². The summed E-state index contributed by atoms with van der Waals surface area (Å²) in [4.78, 5) is 35.3. The molecule has 0 heterocycles. The van der Waals surface area contributed by atoms with Crippen LogP contribution in [0.4, 0.5) is 5.69 Å². The smallest absolute Gasteiger partial charge is 0.340 e. The lowest BCUT2D eigenvalue weighted by Gasteiger charge is -2.21. The zero-order valence-corrected chi connectivity index (χ0v) is 12.3. The van der Waals surface area contributed by atoms with Gasteiger partial charge in [-0.2, -0.15) is 0 Å². The molecule has 1 saturated carbocycles. The number of carbonyl (C=O) groups is 3. The highest BCUT2D eigenvalue weighted by Gasteiger charge is 2.27. The minimum Gasteiger partial charge on any atom is -0.451 e. The van der Waals surface area contributed by atoms with Crippen molar-refractivity contribution >= 4 is 23.3 Å². The minimum absolute atomic E-state index is 0.0247. The van der Waals surface area contributed by atoms with E-state index >= 15 is 0 Å². The van der Waals surface area contributed by atoms with Crippen LogP contribution in [0.5, 0.6) is 0 Å². The third kappa shape index (κ3) is 3.68. The molecule has 1 fully saturated rings. The highest BCUT2D eigenvalue weighted by molar-refractivity contribution is 6.02. The Morgan fingerprint density at radius 3 is 2.71 bits per heavy atom. The lowest BCUT2D eigenvalue weighted by atomic mass is 9.96. The van der Waals surface area contributed by atoms with Crippen molar-refractivity contribution in [3.05, 3.63) is 29.3 Å². The molecule has 5 heteroatoms. The van der Waals surface area contributed by atoms with E-state index < -0.39 is 12.1 Å². The largest absolute Gasteiger partial charge is 0.451 e. The van der Waals surface area contributed by atoms with E-state index in [1.54, 1.807) is 25.1 Å². The first-order valence-corrected chi connectivity index (χ1v) is 7.10. The summed E-state index contributed by atoms with van der Waals surface area (Å²) in [7, 11) is 0. The van der Waals surface area contributed by atoms with Gasteiger partial charge < -0.3 is 10.1 Å². The second-order valence-corrected chi connectivity index (χ2v) is 5.28. The van der Waals surface area contributed by atoms with Crippen molar-refractivity contribution < 1.29 is 19.1 Å². The van der Waals surface area contributed by atoms with Gasteiger partial charge in [0.15, 0.2) is 11.9 Å². The van der Waals surface area contributed by atoms with E-state index in [1.165, 1.54) is 6.92 Å². The van der Waals surface area contributed by atoms with Gasteiger partial charge in [0, 0.05) is 13.3 Å². The molecule has 0 spiro atoms. The van der Waals surface area contributed by atoms with Crippen molar-refractivity contribution in [3.8, 4) is 0 Å². The number of aryl methyl sites for hydroxylation is 1. The van der Waals surface area contributed by atoms with Gasteiger partial charge >= 0.3 is 5.97 Å². The first-order chi connectivity index (χ1) is 9.99. The number of hydrogen-bond donors (Lipinski definition) is 1. The summed E-state index contributed by atoms with van der Waals surface area (Å²) in [5, 5.41) is 2.65. The third-order valence-corrected chi connectivity index (χ3v) is 3.54. The summed E-state index contributed by atoms with van der Waals surface area (Å²) in [6.45, 7) is 3.18. The van der Waals surface area contributed by atoms with Crippen LogP contribution in [0.3, 0.4) is 0 Å².